The predicted molar refractivity (Wildman–Crippen MR) is 121 cm³/mol. The number of hydrogen-bond donors (Lipinski definition) is 0. The molecule has 1 saturated carbocycles. The van der Waals surface area contributed by atoms with Gasteiger partial charge in [-0.1, -0.05) is 23.7 Å². The molecule has 1 fully saturated rings. The number of carbonyl (C=O) groups excluding carboxylic acids is 2. The van der Waals surface area contributed by atoms with Gasteiger partial charge in [-0.25, -0.2) is 0 Å². The number of amides is 1. The number of benzene rings is 2. The van der Waals surface area contributed by atoms with E-state index in [1.165, 1.54) is 6.07 Å². The van der Waals surface area contributed by atoms with Gasteiger partial charge in [0.1, 0.15) is 0 Å². The molecule has 1 amide bonds. The van der Waals surface area contributed by atoms with E-state index in [1.807, 2.05) is 6.92 Å². The number of esters is 1. The molecule has 2 aromatic rings. The maximum Gasteiger partial charge on any atom is 0.416 e. The minimum absolute atomic E-state index is 0.0384. The van der Waals surface area contributed by atoms with E-state index in [9.17, 15) is 22.8 Å². The third-order valence-corrected chi connectivity index (χ3v) is 6.00. The van der Waals surface area contributed by atoms with Crippen molar-refractivity contribution in [2.45, 2.75) is 52.3 Å². The van der Waals surface area contributed by atoms with Gasteiger partial charge >= 0.3 is 12.1 Å². The van der Waals surface area contributed by atoms with E-state index < -0.39 is 23.6 Å². The Balaban J connectivity index is 2.06. The number of alkyl halides is 3. The fraction of sp³-hybridized carbons (Fsp3) is 0.440. The van der Waals surface area contributed by atoms with Crippen molar-refractivity contribution in [3.63, 3.8) is 0 Å². The van der Waals surface area contributed by atoms with Crippen LogP contribution in [0.15, 0.2) is 36.4 Å². The molecule has 1 aliphatic rings. The molecule has 0 heterocycles. The maximum atomic E-state index is 13.5. The van der Waals surface area contributed by atoms with Crippen molar-refractivity contribution >= 4 is 23.5 Å². The Bertz CT molecular complexity index is 1030. The van der Waals surface area contributed by atoms with Gasteiger partial charge in [0, 0.05) is 24.0 Å². The summed E-state index contributed by atoms with van der Waals surface area (Å²) in [6.45, 7) is 5.90. The molecule has 1 unspecified atom stereocenters. The summed E-state index contributed by atoms with van der Waals surface area (Å²) in [5.74, 6) is -1.08. The van der Waals surface area contributed by atoms with E-state index in [4.69, 9.17) is 16.3 Å². The Morgan fingerprint density at radius 1 is 1.15 bits per heavy atom. The summed E-state index contributed by atoms with van der Waals surface area (Å²) in [7, 11) is 0. The highest BCUT2D eigenvalue weighted by Crippen LogP contribution is 2.37. The number of ether oxygens (including phenoxy) is 1. The highest BCUT2D eigenvalue weighted by molar-refractivity contribution is 6.31. The minimum Gasteiger partial charge on any atom is -0.466 e. The van der Waals surface area contributed by atoms with E-state index in [2.05, 4.69) is 0 Å². The van der Waals surface area contributed by atoms with Gasteiger partial charge in [-0.05, 0) is 80.1 Å². The number of halogens is 4. The van der Waals surface area contributed by atoms with Gasteiger partial charge in [0.25, 0.3) is 0 Å². The molecular formula is C25H27ClF3NO3. The molecule has 0 bridgehead atoms. The van der Waals surface area contributed by atoms with Crippen molar-refractivity contribution in [3.8, 4) is 11.1 Å². The van der Waals surface area contributed by atoms with Crippen LogP contribution in [0, 0.1) is 5.92 Å². The zero-order valence-corrected chi connectivity index (χ0v) is 19.6. The molecule has 0 radical (unpaired) electrons. The van der Waals surface area contributed by atoms with Gasteiger partial charge in [0.05, 0.1) is 18.1 Å². The van der Waals surface area contributed by atoms with Gasteiger partial charge in [0.15, 0.2) is 0 Å². The van der Waals surface area contributed by atoms with Crippen molar-refractivity contribution in [1.29, 1.82) is 0 Å². The third-order valence-electron chi connectivity index (χ3n) is 5.79. The zero-order valence-electron chi connectivity index (χ0n) is 18.8. The summed E-state index contributed by atoms with van der Waals surface area (Å²) >= 11 is 6.32. The second-order valence-corrected chi connectivity index (χ2v) is 8.68. The highest BCUT2D eigenvalue weighted by Gasteiger charge is 2.34. The molecular weight excluding hydrogens is 455 g/mol. The Labute approximate surface area is 196 Å². The molecule has 33 heavy (non-hydrogen) atoms. The van der Waals surface area contributed by atoms with E-state index in [0.29, 0.717) is 33.8 Å². The molecule has 0 aromatic heterocycles. The average Bonchev–Trinajstić information content (AvgIpc) is 3.61. The van der Waals surface area contributed by atoms with E-state index in [0.717, 1.165) is 25.0 Å². The summed E-state index contributed by atoms with van der Waals surface area (Å²) in [5.41, 5.74) is 1.30. The molecule has 1 aliphatic carbocycles. The molecule has 0 spiro atoms. The number of rotatable bonds is 8. The van der Waals surface area contributed by atoms with Gasteiger partial charge in [-0.2, -0.15) is 13.2 Å². The predicted octanol–water partition coefficient (Wildman–Crippen LogP) is 6.45. The second kappa shape index (κ2) is 10.2. The van der Waals surface area contributed by atoms with Gasteiger partial charge in [-0.15, -0.1) is 0 Å². The van der Waals surface area contributed by atoms with Gasteiger partial charge in [-0.3, -0.25) is 9.59 Å². The lowest BCUT2D eigenvalue weighted by molar-refractivity contribution is -0.144. The van der Waals surface area contributed by atoms with Crippen LogP contribution in [0.5, 0.6) is 0 Å². The number of nitrogens with zero attached hydrogens (tertiary/aromatic N) is 1. The van der Waals surface area contributed by atoms with Crippen LogP contribution in [0.25, 0.3) is 11.1 Å². The zero-order chi connectivity index (χ0) is 24.3. The van der Waals surface area contributed by atoms with Crippen LogP contribution >= 0.6 is 11.6 Å². The molecule has 8 heteroatoms. The Morgan fingerprint density at radius 2 is 1.85 bits per heavy atom. The van der Waals surface area contributed by atoms with Crippen LogP contribution < -0.4 is 0 Å². The van der Waals surface area contributed by atoms with Crippen molar-refractivity contribution < 1.29 is 27.5 Å². The van der Waals surface area contributed by atoms with E-state index >= 15 is 0 Å². The largest absolute Gasteiger partial charge is 0.466 e. The first-order valence-electron chi connectivity index (χ1n) is 11.0. The molecule has 0 saturated heterocycles. The molecule has 0 N–H and O–H groups in total. The van der Waals surface area contributed by atoms with Crippen LogP contribution in [-0.4, -0.2) is 29.9 Å². The molecule has 2 aromatic carbocycles. The van der Waals surface area contributed by atoms with Crippen molar-refractivity contribution in [1.82, 2.24) is 4.90 Å². The van der Waals surface area contributed by atoms with E-state index in [1.54, 1.807) is 36.9 Å². The van der Waals surface area contributed by atoms with Gasteiger partial charge < -0.3 is 9.64 Å². The van der Waals surface area contributed by atoms with Crippen LogP contribution in [0.1, 0.15) is 56.2 Å². The SMILES string of the molecule is CCOC(=O)C(C)c1cc(Cl)cc(-c2ccc(C(F)(F)F)cc2CN(CC)C(=O)C2CC2)c1. The highest BCUT2D eigenvalue weighted by atomic mass is 35.5. The van der Waals surface area contributed by atoms with Crippen LogP contribution in [0.4, 0.5) is 13.2 Å². The van der Waals surface area contributed by atoms with E-state index in [-0.39, 0.29) is 25.0 Å². The topological polar surface area (TPSA) is 46.6 Å². The maximum absolute atomic E-state index is 13.5. The quantitative estimate of drug-likeness (QED) is 0.407. The van der Waals surface area contributed by atoms with Gasteiger partial charge in [0.2, 0.25) is 5.91 Å². The first-order chi connectivity index (χ1) is 15.5. The van der Waals surface area contributed by atoms with Crippen molar-refractivity contribution in [3.05, 3.63) is 58.1 Å². The average molecular weight is 482 g/mol. The summed E-state index contributed by atoms with van der Waals surface area (Å²) in [6, 6.07) is 8.54. The van der Waals surface area contributed by atoms with Crippen LogP contribution in [-0.2, 0) is 27.0 Å². The number of hydrogen-bond acceptors (Lipinski definition) is 3. The summed E-state index contributed by atoms with van der Waals surface area (Å²) in [4.78, 5) is 26.4. The van der Waals surface area contributed by atoms with Crippen molar-refractivity contribution in [2.75, 3.05) is 13.2 Å². The lowest BCUT2D eigenvalue weighted by Gasteiger charge is -2.24. The van der Waals surface area contributed by atoms with Crippen LogP contribution in [0.3, 0.4) is 0 Å². The number of carbonyl (C=O) groups is 2. The second-order valence-electron chi connectivity index (χ2n) is 8.24. The smallest absolute Gasteiger partial charge is 0.416 e. The molecule has 0 aliphatic heterocycles. The Hall–Kier alpha value is -2.54. The third kappa shape index (κ3) is 6.08. The molecule has 178 valence electrons. The van der Waals surface area contributed by atoms with Crippen LogP contribution in [0.2, 0.25) is 5.02 Å². The molecule has 4 nitrogen and oxygen atoms in total. The standard InChI is InChI=1S/C25H27ClF3NO3/c1-4-30(23(31)16-6-7-16)14-19-11-20(25(27,28)29)8-9-22(19)18-10-17(12-21(26)13-18)15(3)24(32)33-5-2/h8-13,15-16H,4-7,14H2,1-3H3. The summed E-state index contributed by atoms with van der Waals surface area (Å²) in [6.07, 6.45) is -2.88. The normalized spacial score (nSPS) is 14.6. The molecule has 3 rings (SSSR count). The lowest BCUT2D eigenvalue weighted by Crippen LogP contribution is -2.31. The minimum atomic E-state index is -4.51. The first kappa shape index (κ1) is 25.1. The molecule has 1 atom stereocenters. The lowest BCUT2D eigenvalue weighted by atomic mass is 9.92. The summed E-state index contributed by atoms with van der Waals surface area (Å²) in [5, 5.41) is 0.353. The monoisotopic (exact) mass is 481 g/mol. The fourth-order valence-electron chi connectivity index (χ4n) is 3.74. The first-order valence-corrected chi connectivity index (χ1v) is 11.4. The summed E-state index contributed by atoms with van der Waals surface area (Å²) < 4.78 is 45.5. The Morgan fingerprint density at radius 3 is 2.42 bits per heavy atom. The Kier molecular flexibility index (Phi) is 7.73. The fourth-order valence-corrected chi connectivity index (χ4v) is 3.99. The van der Waals surface area contributed by atoms with Crippen molar-refractivity contribution in [2.24, 2.45) is 5.92 Å².